The van der Waals surface area contributed by atoms with E-state index in [0.29, 0.717) is 34.5 Å². The number of carbonyl (C=O) groups is 2. The van der Waals surface area contributed by atoms with Crippen molar-refractivity contribution in [2.45, 2.75) is 84.4 Å². The smallest absolute Gasteiger partial charge is 0.390 e. The molecule has 0 aromatic heterocycles. The first kappa shape index (κ1) is 64.0. The molecule has 424 valence electrons. The third-order valence-corrected chi connectivity index (χ3v) is 13.2. The number of hydrogen-bond acceptors (Lipinski definition) is 20. The summed E-state index contributed by atoms with van der Waals surface area (Å²) in [4.78, 5) is 24.9. The van der Waals surface area contributed by atoms with Crippen molar-refractivity contribution in [2.75, 3.05) is 12.4 Å². The molecule has 0 atom stereocenters. The molecule has 23 heteroatoms. The number of phenolic OH excluding ortho intramolecular Hbond substituents is 1. The summed E-state index contributed by atoms with van der Waals surface area (Å²) in [6, 6.07) is 25.7. The second-order valence-electron chi connectivity index (χ2n) is 17.7. The maximum Gasteiger partial charge on any atom is 0.390 e. The van der Waals surface area contributed by atoms with Gasteiger partial charge in [0.05, 0.1) is 70.4 Å². The van der Waals surface area contributed by atoms with Crippen molar-refractivity contribution in [3.63, 3.8) is 0 Å². The van der Waals surface area contributed by atoms with Gasteiger partial charge in [-0.1, -0.05) is 35.9 Å². The van der Waals surface area contributed by atoms with Gasteiger partial charge in [-0.05, 0) is 104 Å². The van der Waals surface area contributed by atoms with Crippen LogP contribution in [-0.4, -0.2) is 98.7 Å². The summed E-state index contributed by atoms with van der Waals surface area (Å²) in [6.45, 7) is 2.11. The number of anilines is 1. The Morgan fingerprint density at radius 3 is 1.24 bits per heavy atom. The Bertz CT molecular complexity index is 3210. The molecule has 0 spiro atoms. The first-order valence-corrected chi connectivity index (χ1v) is 25.3. The average molecular weight is 1120 g/mol. The fourth-order valence-electron chi connectivity index (χ4n) is 8.48. The summed E-state index contributed by atoms with van der Waals surface area (Å²) in [5.41, 5.74) is 7.23. The van der Waals surface area contributed by atoms with Crippen LogP contribution in [0, 0.1) is 26.2 Å². The molecule has 0 aliphatic rings. The average Bonchev–Trinajstić information content (AvgIpc) is 3.44. The van der Waals surface area contributed by atoms with Crippen molar-refractivity contribution in [1.82, 2.24) is 0 Å². The lowest BCUT2D eigenvalue weighted by Gasteiger charge is -2.24. The van der Waals surface area contributed by atoms with Crippen LogP contribution in [0.5, 0.6) is 34.5 Å². The van der Waals surface area contributed by atoms with E-state index in [1.807, 2.05) is 32.9 Å². The molecule has 0 unspecified atom stereocenters. The minimum atomic E-state index is -4.84. The maximum atomic E-state index is 12.2. The minimum absolute atomic E-state index is 0.147. The number of aliphatic hydroxyl groups excluding tert-OH is 8. The number of benzene rings is 7. The second-order valence-corrected chi connectivity index (χ2v) is 19.0. The maximum absolute atomic E-state index is 12.2. The van der Waals surface area contributed by atoms with E-state index in [1.54, 1.807) is 18.2 Å². The van der Waals surface area contributed by atoms with Gasteiger partial charge < -0.3 is 81.0 Å². The zero-order chi connectivity index (χ0) is 59.6. The lowest BCUT2D eigenvalue weighted by Crippen LogP contribution is -2.09. The summed E-state index contributed by atoms with van der Waals surface area (Å²) in [5, 5.41) is 137. The molecule has 80 heavy (non-hydrogen) atoms. The molecule has 22 nitrogen and oxygen atoms in total. The third kappa shape index (κ3) is 15.6. The number of aliphatic hydroxyl groups is 8. The molecule has 7 aromatic carbocycles. The van der Waals surface area contributed by atoms with E-state index in [9.17, 15) is 78.7 Å². The van der Waals surface area contributed by atoms with E-state index in [0.717, 1.165) is 30.4 Å². The Hall–Kier alpha value is -8.51. The van der Waals surface area contributed by atoms with Gasteiger partial charge in [-0.3, -0.25) is 9.59 Å². The van der Waals surface area contributed by atoms with Gasteiger partial charge in [-0.2, -0.15) is 0 Å². The van der Waals surface area contributed by atoms with Gasteiger partial charge in [0.1, 0.15) is 44.6 Å². The van der Waals surface area contributed by atoms with Gasteiger partial charge in [0.25, 0.3) is 0 Å². The first-order valence-electron chi connectivity index (χ1n) is 23.9. The first-order chi connectivity index (χ1) is 38.0. The normalized spacial score (nSPS) is 10.8. The zero-order valence-corrected chi connectivity index (χ0v) is 44.5. The van der Waals surface area contributed by atoms with Crippen LogP contribution in [0.2, 0.25) is 0 Å². The number of methoxy groups -OCH3 is 1. The van der Waals surface area contributed by atoms with E-state index in [1.165, 1.54) is 66.2 Å². The second kappa shape index (κ2) is 29.5. The molecule has 0 bridgehead atoms. The summed E-state index contributed by atoms with van der Waals surface area (Å²) >= 11 is 0. The number of aryl methyl sites for hydroxylation is 3. The van der Waals surface area contributed by atoms with E-state index in [-0.39, 0.29) is 97.6 Å². The number of hydrogen-bond donors (Lipinski definition) is 14. The van der Waals surface area contributed by atoms with Crippen molar-refractivity contribution in [3.05, 3.63) is 197 Å². The van der Waals surface area contributed by atoms with Crippen LogP contribution in [0.1, 0.15) is 99.7 Å². The zero-order valence-electron chi connectivity index (χ0n) is 43.7. The van der Waals surface area contributed by atoms with Gasteiger partial charge in [-0.25, -0.2) is 8.42 Å². The highest BCUT2D eigenvalue weighted by Crippen LogP contribution is 2.41. The van der Waals surface area contributed by atoms with Crippen molar-refractivity contribution >= 4 is 33.7 Å². The number of phenols is 5. The largest absolute Gasteiger partial charge is 0.744 e. The quantitative estimate of drug-likeness (QED) is 0.0133. The number of amides is 1. The molecule has 7 rings (SSSR count). The molecule has 0 saturated carbocycles. The fraction of sp³-hybridized carbons (Fsp3) is 0.228. The molecular formula is C57H61N3O19S. The van der Waals surface area contributed by atoms with Crippen LogP contribution >= 0.6 is 0 Å². The van der Waals surface area contributed by atoms with E-state index >= 15 is 0 Å². The molecule has 14 N–H and O–H groups in total. The van der Waals surface area contributed by atoms with Crippen molar-refractivity contribution in [2.24, 2.45) is 0 Å². The number of rotatable bonds is 17. The molecule has 0 radical (unpaired) electrons. The number of ketones is 1. The highest BCUT2D eigenvalue weighted by atomic mass is 32.2. The van der Waals surface area contributed by atoms with E-state index < -0.39 is 72.1 Å². The molecule has 0 fully saturated rings. The highest BCUT2D eigenvalue weighted by Gasteiger charge is 2.26. The summed E-state index contributed by atoms with van der Waals surface area (Å²) in [6.07, 6.45) is 0.481. The van der Waals surface area contributed by atoms with Crippen molar-refractivity contribution in [1.29, 1.82) is 5.39 Å². The summed E-state index contributed by atoms with van der Waals surface area (Å²) in [5.74, 6) is -3.04. The van der Waals surface area contributed by atoms with Crippen LogP contribution in [-0.2, 0) is 67.8 Å². The topological polar surface area (TPSA) is 404 Å². The predicted octanol–water partition coefficient (Wildman–Crippen LogP) is 5.51. The number of carbonyl (C=O) groups excluding carboxylic acids is 2. The standard InChI is InChI=1S/C25H28O9.C14H12O6S.C9H11N2.C9H11NO4/c26-7-16-1-13(2-17(8-27)23(16)32)22(14-3-18(9-28)24(33)19(4-14)10-29)15-5-20(11-30)25(34)21(6-15)12-31;1-20-12-8-11(15)10(7-13(12)21(17,18)19)14(16)9-5-3-2-4-6-9;1-6-4-7(2)9(11-10)8(3)5-6;11-3-6-1-8(10-5-13)2-7(4-12)9(6)14/h1-6,22,26-34H,7-12H2;2-8,15H,1H3,(H,17,18,19);4-5H,1-3H3;1-2,5,11-12,14H,3-4H2,(H,10,13)/q;;+1;/p-1. The fourth-order valence-corrected chi connectivity index (χ4v) is 9.13. The lowest BCUT2D eigenvalue weighted by molar-refractivity contribution is -0.105. The number of nitrogens with zero attached hydrogens (tertiary/aromatic N) is 2. The van der Waals surface area contributed by atoms with Crippen molar-refractivity contribution < 1.29 is 93.7 Å². The van der Waals surface area contributed by atoms with Gasteiger partial charge in [0.2, 0.25) is 11.8 Å². The number of aromatic hydroxyl groups is 5. The van der Waals surface area contributed by atoms with Gasteiger partial charge >= 0.3 is 5.69 Å². The van der Waals surface area contributed by atoms with E-state index in [2.05, 4.69) is 10.3 Å². The van der Waals surface area contributed by atoms with Crippen molar-refractivity contribution in [3.8, 4) is 34.5 Å². The van der Waals surface area contributed by atoms with Crippen LogP contribution in [0.25, 0.3) is 4.98 Å². The number of ether oxygens (including phenoxy) is 1. The third-order valence-electron chi connectivity index (χ3n) is 12.3. The molecular weight excluding hydrogens is 1060 g/mol. The SMILES string of the molecule is COc1cc(O)c(C(=O)c2ccccc2)cc1S(=O)(=O)[O-].Cc1cc(C)c([N+]#N)c(C)c1.O=CNc1cc(CO)c(O)c(CO)c1.OCc1cc(C(c2cc(CO)c(O)c(CO)c2)c2cc(CO)c(O)c(CO)c2)cc(CO)c1O. The van der Waals surface area contributed by atoms with Gasteiger partial charge in [-0.15, -0.1) is 0 Å². The predicted molar refractivity (Wildman–Crippen MR) is 288 cm³/mol. The Kier molecular flexibility index (Phi) is 23.6. The summed E-state index contributed by atoms with van der Waals surface area (Å²) < 4.78 is 38.4. The number of diazo groups is 1. The molecule has 7 aromatic rings. The van der Waals surface area contributed by atoms with Crippen LogP contribution in [0.3, 0.4) is 0 Å². The van der Waals surface area contributed by atoms with Crippen LogP contribution in [0.15, 0.2) is 108 Å². The molecule has 0 aliphatic carbocycles. The molecule has 0 saturated heterocycles. The molecule has 0 heterocycles. The number of nitrogens with one attached hydrogen (secondary N) is 1. The highest BCUT2D eigenvalue weighted by molar-refractivity contribution is 7.85. The monoisotopic (exact) mass is 1120 g/mol. The minimum Gasteiger partial charge on any atom is -0.744 e. The van der Waals surface area contributed by atoms with Crippen LogP contribution in [0.4, 0.5) is 11.4 Å². The Morgan fingerprint density at radius 2 is 0.938 bits per heavy atom. The van der Waals surface area contributed by atoms with Gasteiger partial charge in [0, 0.05) is 78.9 Å². The molecule has 0 aliphatic heterocycles. The molecule has 1 amide bonds. The Morgan fingerprint density at radius 1 is 0.588 bits per heavy atom. The van der Waals surface area contributed by atoms with Crippen LogP contribution < -0.4 is 10.1 Å². The lowest BCUT2D eigenvalue weighted by atomic mass is 9.81. The summed E-state index contributed by atoms with van der Waals surface area (Å²) in [7, 11) is -3.68. The Balaban J connectivity index is 0.000000253. The van der Waals surface area contributed by atoms with Gasteiger partial charge in [0.15, 0.2) is 10.8 Å². The Labute approximate surface area is 459 Å². The van der Waals surface area contributed by atoms with E-state index in [4.69, 9.17) is 20.3 Å².